The molecule has 35 heavy (non-hydrogen) atoms. The number of amides is 2. The zero-order valence-corrected chi connectivity index (χ0v) is 17.7. The Morgan fingerprint density at radius 2 is 1.20 bits per heavy atom. The molecule has 2 aromatic heterocycles. The Bertz CT molecular complexity index is 947. The fourth-order valence-corrected chi connectivity index (χ4v) is 1.85. The number of hydrogen-bond donors (Lipinski definition) is 2. The van der Waals surface area contributed by atoms with Gasteiger partial charge in [0, 0.05) is 24.8 Å². The summed E-state index contributed by atoms with van der Waals surface area (Å²) in [5, 5.41) is 20.8. The molecule has 1 atom stereocenters. The maximum absolute atomic E-state index is 12.0. The molecule has 0 saturated heterocycles. The summed E-state index contributed by atoms with van der Waals surface area (Å²) in [7, 11) is 0. The smallest absolute Gasteiger partial charge is 0.430 e. The normalized spacial score (nSPS) is 11.6. The van der Waals surface area contributed by atoms with Gasteiger partial charge in [0.1, 0.15) is 24.5 Å². The van der Waals surface area contributed by atoms with Crippen LogP contribution in [0.1, 0.15) is 27.6 Å². The molecule has 0 bridgehead atoms. The van der Waals surface area contributed by atoms with Gasteiger partial charge >= 0.3 is 24.2 Å². The molecule has 2 rings (SSSR count). The van der Waals surface area contributed by atoms with Crippen molar-refractivity contribution in [2.45, 2.75) is 25.3 Å². The first kappa shape index (κ1) is 31.1. The second kappa shape index (κ2) is 14.4. The fraction of sp³-hybridized carbons (Fsp3) is 0.263. The number of carbonyl (C=O) groups is 4. The van der Waals surface area contributed by atoms with Crippen molar-refractivity contribution >= 4 is 23.8 Å². The molecule has 0 fully saturated rings. The number of carboxylic acids is 2. The number of pyridine rings is 2. The molecule has 16 heteroatoms. The van der Waals surface area contributed by atoms with Crippen LogP contribution in [0.25, 0.3) is 0 Å². The van der Waals surface area contributed by atoms with Crippen LogP contribution in [0.4, 0.5) is 26.3 Å². The van der Waals surface area contributed by atoms with Crippen molar-refractivity contribution in [1.29, 1.82) is 0 Å². The Balaban J connectivity index is 0.000000680. The maximum atomic E-state index is 12.0. The molecular formula is C19H18F6N4O6. The van der Waals surface area contributed by atoms with E-state index >= 15 is 0 Å². The third kappa shape index (κ3) is 14.1. The second-order valence-corrected chi connectivity index (χ2v) is 6.37. The summed E-state index contributed by atoms with van der Waals surface area (Å²) in [5.41, 5.74) is 1.12. The summed E-state index contributed by atoms with van der Waals surface area (Å²) in [6.07, 6.45) is -4.07. The average Bonchev–Trinajstić information content (AvgIpc) is 2.78. The molecule has 0 aliphatic carbocycles. The zero-order chi connectivity index (χ0) is 27.2. The van der Waals surface area contributed by atoms with Crippen molar-refractivity contribution in [3.8, 4) is 0 Å². The van der Waals surface area contributed by atoms with Crippen LogP contribution in [0.15, 0.2) is 49.1 Å². The van der Waals surface area contributed by atoms with Crippen LogP contribution in [0, 0.1) is 0 Å². The van der Waals surface area contributed by atoms with E-state index in [2.05, 4.69) is 9.97 Å². The van der Waals surface area contributed by atoms with E-state index in [9.17, 15) is 35.9 Å². The van der Waals surface area contributed by atoms with E-state index in [0.717, 1.165) is 0 Å². The number of nitrogens with two attached hydrogens (primary N) is 2. The molecule has 0 spiro atoms. The van der Waals surface area contributed by atoms with Crippen LogP contribution in [0.5, 0.6) is 0 Å². The molecule has 2 amide bonds. The van der Waals surface area contributed by atoms with Crippen molar-refractivity contribution in [3.05, 3.63) is 60.2 Å². The number of hydrogen-bond acceptors (Lipinski definition) is 8. The maximum Gasteiger partial charge on any atom is 0.430 e. The third-order valence-corrected chi connectivity index (χ3v) is 3.47. The fourth-order valence-electron chi connectivity index (χ4n) is 1.85. The molecule has 10 nitrogen and oxygen atoms in total. The van der Waals surface area contributed by atoms with E-state index in [0.29, 0.717) is 17.7 Å². The monoisotopic (exact) mass is 512 g/mol. The number of carbonyl (C=O) groups excluding carboxylic acids is 4. The number of aromatic nitrogens is 2. The van der Waals surface area contributed by atoms with Crippen LogP contribution in [-0.2, 0) is 9.59 Å². The largest absolute Gasteiger partial charge is 0.542 e. The minimum absolute atomic E-state index is 0.0154. The van der Waals surface area contributed by atoms with E-state index in [-0.39, 0.29) is 17.9 Å². The molecule has 0 aromatic carbocycles. The highest BCUT2D eigenvalue weighted by molar-refractivity contribution is 5.86. The summed E-state index contributed by atoms with van der Waals surface area (Å²) in [5.74, 6) is -6.16. The van der Waals surface area contributed by atoms with Crippen LogP contribution in [-0.4, -0.2) is 58.7 Å². The molecule has 192 valence electrons. The van der Waals surface area contributed by atoms with Crippen LogP contribution >= 0.6 is 0 Å². The SMILES string of the molecule is CC(C[NH2+]C(=O)c1cccnc1)[NH2+]C(=O)c1cccnc1.O=C([O-])C(F)(F)F.O=C([O-])C(F)(F)F. The predicted molar refractivity (Wildman–Crippen MR) is 97.4 cm³/mol. The highest BCUT2D eigenvalue weighted by atomic mass is 19.4. The van der Waals surface area contributed by atoms with E-state index in [1.165, 1.54) is 12.4 Å². The highest BCUT2D eigenvalue weighted by Gasteiger charge is 2.29. The van der Waals surface area contributed by atoms with Crippen molar-refractivity contribution in [1.82, 2.24) is 9.97 Å². The van der Waals surface area contributed by atoms with Gasteiger partial charge in [-0.05, 0) is 31.2 Å². The van der Waals surface area contributed by atoms with Gasteiger partial charge < -0.3 is 19.8 Å². The Kier molecular flexibility index (Phi) is 12.8. The molecule has 2 aromatic rings. The van der Waals surface area contributed by atoms with Crippen molar-refractivity contribution in [3.63, 3.8) is 0 Å². The van der Waals surface area contributed by atoms with E-state index in [1.54, 1.807) is 47.3 Å². The summed E-state index contributed by atoms with van der Waals surface area (Å²) >= 11 is 0. The minimum Gasteiger partial charge on any atom is -0.542 e. The predicted octanol–water partition coefficient (Wildman–Crippen LogP) is -2.43. The molecular weight excluding hydrogens is 494 g/mol. The molecule has 1 unspecified atom stereocenters. The van der Waals surface area contributed by atoms with Crippen molar-refractivity contribution in [2.75, 3.05) is 6.54 Å². The lowest BCUT2D eigenvalue weighted by molar-refractivity contribution is -0.656. The lowest BCUT2D eigenvalue weighted by atomic mass is 10.2. The lowest BCUT2D eigenvalue weighted by Gasteiger charge is -2.07. The van der Waals surface area contributed by atoms with Gasteiger partial charge in [-0.3, -0.25) is 20.6 Å². The number of alkyl halides is 6. The molecule has 0 radical (unpaired) electrons. The Labute approximate surface area is 193 Å². The van der Waals surface area contributed by atoms with Gasteiger partial charge in [-0.25, -0.2) is 9.59 Å². The Morgan fingerprint density at radius 1 is 0.829 bits per heavy atom. The van der Waals surface area contributed by atoms with Crippen LogP contribution < -0.4 is 20.8 Å². The van der Waals surface area contributed by atoms with Crippen LogP contribution in [0.2, 0.25) is 0 Å². The Hall–Kier alpha value is -3.92. The van der Waals surface area contributed by atoms with Crippen molar-refractivity contribution in [2.24, 2.45) is 0 Å². The number of nitrogens with zero attached hydrogens (tertiary/aromatic N) is 2. The average molecular weight is 512 g/mol. The van der Waals surface area contributed by atoms with Gasteiger partial charge in [-0.2, -0.15) is 26.3 Å². The highest BCUT2D eigenvalue weighted by Crippen LogP contribution is 2.12. The molecule has 0 aliphatic heterocycles. The number of aliphatic carboxylic acids is 2. The third-order valence-electron chi connectivity index (χ3n) is 3.47. The standard InChI is InChI=1S/C15H16N4O2.2C2HF3O2/c1-11(19-15(21)13-5-3-7-17-10-13)8-18-14(20)12-4-2-6-16-9-12;2*3-2(4,5)1(6)7/h2-7,9-11H,8H2,1H3,(H,18,20)(H,19,21);2*(H,6,7). The van der Waals surface area contributed by atoms with Gasteiger partial charge in [0.15, 0.2) is 0 Å². The Morgan fingerprint density at radius 3 is 1.51 bits per heavy atom. The number of halogens is 6. The van der Waals surface area contributed by atoms with E-state index < -0.39 is 24.3 Å². The quantitative estimate of drug-likeness (QED) is 0.416. The first-order valence-corrected chi connectivity index (χ1v) is 9.18. The number of carboxylic acid groups (broad SMARTS) is 2. The van der Waals surface area contributed by atoms with Gasteiger partial charge in [-0.15, -0.1) is 0 Å². The molecule has 4 N–H and O–H groups in total. The van der Waals surface area contributed by atoms with Gasteiger partial charge in [0.2, 0.25) is 0 Å². The van der Waals surface area contributed by atoms with Gasteiger partial charge in [0.05, 0.1) is 11.1 Å². The number of rotatable bonds is 5. The van der Waals surface area contributed by atoms with E-state index in [1.807, 2.05) is 6.92 Å². The summed E-state index contributed by atoms with van der Waals surface area (Å²) in [6.45, 7) is 2.42. The topological polar surface area (TPSA) is 173 Å². The number of quaternary nitrogens is 2. The molecule has 0 aliphatic rings. The summed E-state index contributed by atoms with van der Waals surface area (Å²) < 4.78 is 63.1. The minimum atomic E-state index is -5.19. The lowest BCUT2D eigenvalue weighted by Crippen LogP contribution is -3.01. The molecule has 0 saturated carbocycles. The van der Waals surface area contributed by atoms with Crippen LogP contribution in [0.3, 0.4) is 0 Å². The molecule has 2 heterocycles. The second-order valence-electron chi connectivity index (χ2n) is 6.37. The van der Waals surface area contributed by atoms with Crippen molar-refractivity contribution < 1.29 is 66.4 Å². The van der Waals surface area contributed by atoms with Gasteiger partial charge in [-0.1, -0.05) is 0 Å². The number of primary amides is 2. The summed E-state index contributed by atoms with van der Waals surface area (Å²) in [6, 6.07) is 6.88. The summed E-state index contributed by atoms with van der Waals surface area (Å²) in [4.78, 5) is 49.3. The zero-order valence-electron chi connectivity index (χ0n) is 17.7. The van der Waals surface area contributed by atoms with Gasteiger partial charge in [0.25, 0.3) is 0 Å². The first-order chi connectivity index (χ1) is 16.1. The van der Waals surface area contributed by atoms with E-state index in [4.69, 9.17) is 19.8 Å². The first-order valence-electron chi connectivity index (χ1n) is 9.18.